The van der Waals surface area contributed by atoms with Crippen molar-refractivity contribution in [3.63, 3.8) is 0 Å². The second-order valence-electron chi connectivity index (χ2n) is 13.0. The lowest BCUT2D eigenvalue weighted by molar-refractivity contribution is -0.157. The van der Waals surface area contributed by atoms with Crippen LogP contribution in [-0.4, -0.2) is 103 Å². The number of rotatable bonds is 9. The molecule has 2 fully saturated rings. The molecule has 13 nitrogen and oxygen atoms in total. The minimum atomic E-state index is -1.60. The third kappa shape index (κ3) is 6.77. The summed E-state index contributed by atoms with van der Waals surface area (Å²) in [6, 6.07) is 7.74. The Bertz CT molecular complexity index is 1680. The van der Waals surface area contributed by atoms with Crippen LogP contribution >= 0.6 is 0 Å². The van der Waals surface area contributed by atoms with Gasteiger partial charge in [0.05, 0.1) is 19.3 Å². The third-order valence-electron chi connectivity index (χ3n) is 9.38. The number of fused-ring (bicyclic) bond motifs is 1. The van der Waals surface area contributed by atoms with Gasteiger partial charge >= 0.3 is 0 Å². The molecule has 0 amide bonds. The van der Waals surface area contributed by atoms with E-state index in [0.29, 0.717) is 16.9 Å². The van der Waals surface area contributed by atoms with Gasteiger partial charge in [0.25, 0.3) is 0 Å². The van der Waals surface area contributed by atoms with Crippen molar-refractivity contribution in [2.75, 3.05) is 13.7 Å². The Balaban J connectivity index is 1.71. The average molecular weight is 673 g/mol. The molecule has 10 atom stereocenters. The maximum atomic E-state index is 14.3. The summed E-state index contributed by atoms with van der Waals surface area (Å²) in [6.07, 6.45) is -8.92. The van der Waals surface area contributed by atoms with Gasteiger partial charge in [-0.25, -0.2) is 0 Å². The number of aliphatic hydroxyl groups excluding tert-OH is 7. The van der Waals surface area contributed by atoms with Gasteiger partial charge in [0.15, 0.2) is 5.76 Å². The number of aliphatic hydroxyl groups is 7. The van der Waals surface area contributed by atoms with Crippen LogP contribution in [0, 0.1) is 11.8 Å². The highest BCUT2D eigenvalue weighted by atomic mass is 16.5. The van der Waals surface area contributed by atoms with Crippen LogP contribution in [0.25, 0.3) is 22.3 Å². The highest BCUT2D eigenvalue weighted by Gasteiger charge is 2.45. The van der Waals surface area contributed by atoms with Gasteiger partial charge < -0.3 is 59.5 Å². The topological polar surface area (TPSA) is 220 Å². The fourth-order valence-electron chi connectivity index (χ4n) is 6.42. The van der Waals surface area contributed by atoms with Gasteiger partial charge in [-0.1, -0.05) is 18.6 Å². The van der Waals surface area contributed by atoms with Gasteiger partial charge in [-0.3, -0.25) is 4.79 Å². The molecule has 0 radical (unpaired) electrons. The summed E-state index contributed by atoms with van der Waals surface area (Å²) in [6.45, 7) is 4.94. The molecule has 13 heteroatoms. The number of benzene rings is 2. The number of aromatic hydroxyl groups is 1. The van der Waals surface area contributed by atoms with Gasteiger partial charge in [-0.05, 0) is 63.3 Å². The Morgan fingerprint density at radius 3 is 2.12 bits per heavy atom. The van der Waals surface area contributed by atoms with Crippen molar-refractivity contribution >= 4 is 11.0 Å². The molecular weight excluding hydrogens is 628 g/mol. The van der Waals surface area contributed by atoms with E-state index in [1.165, 1.54) is 13.2 Å². The second kappa shape index (κ2) is 14.4. The molecule has 0 saturated heterocycles. The molecule has 2 aliphatic carbocycles. The normalized spacial score (nSPS) is 30.6. The summed E-state index contributed by atoms with van der Waals surface area (Å²) in [4.78, 5) is 14.3. The predicted molar refractivity (Wildman–Crippen MR) is 173 cm³/mol. The fraction of sp³-hybridized carbons (Fsp3) is 0.514. The summed E-state index contributed by atoms with van der Waals surface area (Å²) in [7, 11) is 1.50. The summed E-state index contributed by atoms with van der Waals surface area (Å²) in [5, 5.41) is 83.9. The number of hydrogen-bond donors (Lipinski definition) is 8. The zero-order valence-electron chi connectivity index (χ0n) is 27.2. The number of methoxy groups -OCH3 is 1. The van der Waals surface area contributed by atoms with Gasteiger partial charge in [0, 0.05) is 29.7 Å². The third-order valence-corrected chi connectivity index (χ3v) is 9.38. The number of phenolic OH excluding ortho intramolecular Hbond substituents is 1. The number of phenols is 1. The maximum Gasteiger partial charge on any atom is 0.239 e. The molecule has 8 N–H and O–H groups in total. The molecule has 48 heavy (non-hydrogen) atoms. The van der Waals surface area contributed by atoms with E-state index in [2.05, 4.69) is 0 Å². The smallest absolute Gasteiger partial charge is 0.239 e. The molecule has 3 aromatic rings. The first-order chi connectivity index (χ1) is 22.8. The van der Waals surface area contributed by atoms with Crippen LogP contribution in [0.1, 0.15) is 39.2 Å². The van der Waals surface area contributed by atoms with E-state index in [9.17, 15) is 45.6 Å². The van der Waals surface area contributed by atoms with Gasteiger partial charge in [0.1, 0.15) is 64.8 Å². The number of allylic oxidation sites excluding steroid dienone is 2. The molecule has 2 aliphatic rings. The Hall–Kier alpha value is -3.69. The van der Waals surface area contributed by atoms with Gasteiger partial charge in [0.2, 0.25) is 11.2 Å². The SMILES string of the molecule is COc1ccc(-c2oc3c(CC=C(C)C)c(O[C@@H]4C[C@H](CO)[C@@H](O)[C@H](O)[C@H]4O)cc(O)c3c(=O)c2O[C@@H]2C[C@@H](C)[C@H](O)[C@@H](O)[C@H]2O)cc1. The zero-order valence-corrected chi connectivity index (χ0v) is 27.2. The van der Waals surface area contributed by atoms with Gasteiger partial charge in [-0.15, -0.1) is 0 Å². The minimum absolute atomic E-state index is 0.0205. The first-order valence-electron chi connectivity index (χ1n) is 15.9. The lowest BCUT2D eigenvalue weighted by Gasteiger charge is -2.40. The second-order valence-corrected chi connectivity index (χ2v) is 13.0. The van der Waals surface area contributed by atoms with E-state index in [0.717, 1.165) is 5.57 Å². The summed E-state index contributed by atoms with van der Waals surface area (Å²) in [5.41, 5.74) is 0.788. The zero-order chi connectivity index (χ0) is 35.0. The maximum absolute atomic E-state index is 14.3. The average Bonchev–Trinajstić information content (AvgIpc) is 3.06. The molecule has 0 spiro atoms. The van der Waals surface area contributed by atoms with E-state index in [-0.39, 0.29) is 47.5 Å². The molecule has 2 aromatic carbocycles. The van der Waals surface area contributed by atoms with Crippen molar-refractivity contribution in [3.05, 3.63) is 57.8 Å². The van der Waals surface area contributed by atoms with Crippen molar-refractivity contribution in [2.24, 2.45) is 11.8 Å². The van der Waals surface area contributed by atoms with Crippen LogP contribution < -0.4 is 19.6 Å². The van der Waals surface area contributed by atoms with Crippen LogP contribution in [0.5, 0.6) is 23.0 Å². The van der Waals surface area contributed by atoms with Crippen LogP contribution in [-0.2, 0) is 6.42 Å². The molecular formula is C35H44O13. The van der Waals surface area contributed by atoms with Gasteiger partial charge in [-0.2, -0.15) is 0 Å². The molecule has 5 rings (SSSR count). The number of hydrogen-bond acceptors (Lipinski definition) is 13. The predicted octanol–water partition coefficient (Wildman–Crippen LogP) is 1.40. The van der Waals surface area contributed by atoms with Crippen LogP contribution in [0.3, 0.4) is 0 Å². The summed E-state index contributed by atoms with van der Waals surface area (Å²) in [5.74, 6) is -1.64. The standard InChI is InChI=1S/C35H44O13/c1-15(2)5-10-20-22(46-24-12-18(14-36)27(39)32(44)29(24)41)13-21(37)25-30(42)35(47-23-11-16(3)26(38)31(43)28(23)40)33(48-34(20)25)17-6-8-19(45-4)9-7-17/h5-9,13,16,18,23-24,26-29,31-32,36-41,43-44H,10-12,14H2,1-4H3/t16-,18-,23-,24-,26+,27-,28+,29+,31-,32+/m1/s1. The molecule has 0 aliphatic heterocycles. The molecule has 0 unspecified atom stereocenters. The van der Waals surface area contributed by atoms with E-state index < -0.39 is 78.5 Å². The van der Waals surface area contributed by atoms with Crippen LogP contribution in [0.2, 0.25) is 0 Å². The van der Waals surface area contributed by atoms with Crippen molar-refractivity contribution in [1.29, 1.82) is 0 Å². The summed E-state index contributed by atoms with van der Waals surface area (Å²) >= 11 is 0. The molecule has 1 heterocycles. The Morgan fingerprint density at radius 1 is 0.896 bits per heavy atom. The van der Waals surface area contributed by atoms with Crippen LogP contribution in [0.4, 0.5) is 0 Å². The fourth-order valence-corrected chi connectivity index (χ4v) is 6.42. The van der Waals surface area contributed by atoms with Crippen molar-refractivity contribution in [1.82, 2.24) is 0 Å². The number of ether oxygens (including phenoxy) is 3. The van der Waals surface area contributed by atoms with E-state index in [1.807, 2.05) is 19.9 Å². The first-order valence-corrected chi connectivity index (χ1v) is 15.9. The molecule has 262 valence electrons. The van der Waals surface area contributed by atoms with E-state index >= 15 is 0 Å². The Kier molecular flexibility index (Phi) is 10.7. The minimum Gasteiger partial charge on any atom is -0.507 e. The quantitative estimate of drug-likeness (QED) is 0.151. The molecule has 2 saturated carbocycles. The Morgan fingerprint density at radius 2 is 1.52 bits per heavy atom. The van der Waals surface area contributed by atoms with E-state index in [4.69, 9.17) is 18.6 Å². The molecule has 0 bridgehead atoms. The summed E-state index contributed by atoms with van der Waals surface area (Å²) < 4.78 is 24.0. The molecule has 1 aromatic heterocycles. The van der Waals surface area contributed by atoms with Crippen molar-refractivity contribution in [2.45, 2.75) is 88.9 Å². The van der Waals surface area contributed by atoms with Crippen LogP contribution in [0.15, 0.2) is 51.2 Å². The highest BCUT2D eigenvalue weighted by molar-refractivity contribution is 5.91. The lowest BCUT2D eigenvalue weighted by Crippen LogP contribution is -2.56. The van der Waals surface area contributed by atoms with E-state index in [1.54, 1.807) is 31.2 Å². The largest absolute Gasteiger partial charge is 0.507 e. The van der Waals surface area contributed by atoms with Crippen molar-refractivity contribution in [3.8, 4) is 34.3 Å². The first kappa shape index (κ1) is 35.6. The van der Waals surface area contributed by atoms with Crippen molar-refractivity contribution < 1.29 is 59.5 Å². The Labute approximate surface area is 276 Å². The monoisotopic (exact) mass is 672 g/mol. The highest BCUT2D eigenvalue weighted by Crippen LogP contribution is 2.42. The lowest BCUT2D eigenvalue weighted by atomic mass is 9.81.